The summed E-state index contributed by atoms with van der Waals surface area (Å²) in [6.07, 6.45) is 0. The van der Waals surface area contributed by atoms with Crippen LogP contribution in [0.25, 0.3) is 77.4 Å². The molecule has 0 saturated carbocycles. The summed E-state index contributed by atoms with van der Waals surface area (Å²) in [7, 11) is 0. The lowest BCUT2D eigenvalue weighted by Crippen LogP contribution is -2.31. The molecule has 0 bridgehead atoms. The Morgan fingerprint density at radius 1 is 0.328 bits per heavy atom. The van der Waals surface area contributed by atoms with Crippen LogP contribution < -0.4 is 9.64 Å². The molecular weight excluding hydrogens is 819 g/mol. The summed E-state index contributed by atoms with van der Waals surface area (Å²) in [4.78, 5) is 2.34. The van der Waals surface area contributed by atoms with Crippen LogP contribution in [0.2, 0.25) is 0 Å². The van der Waals surface area contributed by atoms with E-state index in [2.05, 4.69) is 229 Å². The first-order valence-corrected chi connectivity index (χ1v) is 22.8. The zero-order valence-corrected chi connectivity index (χ0v) is 36.2. The van der Waals surface area contributed by atoms with E-state index in [1.54, 1.807) is 0 Å². The minimum atomic E-state index is -0.705. The first-order valence-electron chi connectivity index (χ1n) is 22.8. The number of hydrogen-bond donors (Lipinski definition) is 0. The van der Waals surface area contributed by atoms with Gasteiger partial charge >= 0.3 is 0 Å². The fourth-order valence-electron chi connectivity index (χ4n) is 11.0. The number of nitrogens with zero attached hydrogens (tertiary/aromatic N) is 1. The predicted octanol–water partition coefficient (Wildman–Crippen LogP) is 17.3. The van der Waals surface area contributed by atoms with Crippen LogP contribution in [0.4, 0.5) is 17.1 Å². The lowest BCUT2D eigenvalue weighted by molar-refractivity contribution is 0.389. The molecule has 0 saturated heterocycles. The SMILES string of the molecule is c1ccc(-c2cc(-c3ccccc3)cc(N(c3ccc(-c4cccc5c4oc4ccccc45)cc3)c3ccc4c5c(oc4c3)C3(c4ccccc4O5)c4ccccc4-c4ccccc43)c2)cc1. The second kappa shape index (κ2) is 14.6. The van der Waals surface area contributed by atoms with Crippen LogP contribution in [0.5, 0.6) is 11.5 Å². The summed E-state index contributed by atoms with van der Waals surface area (Å²) in [6, 6.07) is 84.1. The molecule has 1 aliphatic heterocycles. The van der Waals surface area contributed by atoms with Gasteiger partial charge in [-0.25, -0.2) is 0 Å². The van der Waals surface area contributed by atoms with Crippen LogP contribution in [0.3, 0.4) is 0 Å². The Kier molecular flexibility index (Phi) is 8.16. The van der Waals surface area contributed by atoms with Crippen LogP contribution in [0, 0.1) is 0 Å². The number of rotatable bonds is 6. The van der Waals surface area contributed by atoms with Crippen molar-refractivity contribution >= 4 is 50.0 Å². The van der Waals surface area contributed by atoms with E-state index in [0.29, 0.717) is 0 Å². The fraction of sp³-hybridized carbons (Fsp3) is 0.0159. The average molecular weight is 858 g/mol. The van der Waals surface area contributed by atoms with Crippen LogP contribution in [0.1, 0.15) is 22.5 Å². The highest BCUT2D eigenvalue weighted by molar-refractivity contribution is 6.09. The van der Waals surface area contributed by atoms with Crippen molar-refractivity contribution in [3.63, 3.8) is 0 Å². The average Bonchev–Trinajstić information content (AvgIpc) is 4.06. The molecule has 4 heteroatoms. The highest BCUT2D eigenvalue weighted by Crippen LogP contribution is 2.64. The molecule has 314 valence electrons. The summed E-state index contributed by atoms with van der Waals surface area (Å²) in [5.41, 5.74) is 17.3. The second-order valence-corrected chi connectivity index (χ2v) is 17.5. The van der Waals surface area contributed by atoms with Crippen molar-refractivity contribution in [3.05, 3.63) is 259 Å². The Bertz CT molecular complexity index is 3800. The van der Waals surface area contributed by atoms with E-state index in [-0.39, 0.29) is 0 Å². The molecule has 0 unspecified atom stereocenters. The van der Waals surface area contributed by atoms with Crippen molar-refractivity contribution in [2.75, 3.05) is 4.90 Å². The third kappa shape index (κ3) is 5.60. The zero-order valence-electron chi connectivity index (χ0n) is 36.2. The largest absolute Gasteiger partial charge is 0.455 e. The van der Waals surface area contributed by atoms with Gasteiger partial charge in [-0.2, -0.15) is 0 Å². The van der Waals surface area contributed by atoms with Crippen LogP contribution in [0.15, 0.2) is 245 Å². The molecule has 1 spiro atoms. The molecule has 2 aliphatic rings. The quantitative estimate of drug-likeness (QED) is 0.167. The molecule has 3 heterocycles. The van der Waals surface area contributed by atoms with Crippen molar-refractivity contribution < 1.29 is 13.6 Å². The monoisotopic (exact) mass is 857 g/mol. The number of furan rings is 2. The highest BCUT2D eigenvalue weighted by atomic mass is 16.5. The van der Waals surface area contributed by atoms with Crippen molar-refractivity contribution in [1.82, 2.24) is 0 Å². The van der Waals surface area contributed by atoms with Gasteiger partial charge in [0.05, 0.1) is 5.39 Å². The van der Waals surface area contributed by atoms with Gasteiger partial charge in [0, 0.05) is 45.0 Å². The second-order valence-electron chi connectivity index (χ2n) is 17.5. The maximum atomic E-state index is 7.33. The fourth-order valence-corrected chi connectivity index (χ4v) is 11.0. The topological polar surface area (TPSA) is 38.8 Å². The molecule has 0 atom stereocenters. The molecule has 0 N–H and O–H groups in total. The van der Waals surface area contributed by atoms with E-state index in [1.807, 2.05) is 12.1 Å². The molecule has 67 heavy (non-hydrogen) atoms. The van der Waals surface area contributed by atoms with Gasteiger partial charge in [-0.3, -0.25) is 0 Å². The first-order chi connectivity index (χ1) is 33.2. The number of benzene rings is 10. The molecule has 14 rings (SSSR count). The third-order valence-corrected chi connectivity index (χ3v) is 13.9. The van der Waals surface area contributed by atoms with E-state index >= 15 is 0 Å². The summed E-state index contributed by atoms with van der Waals surface area (Å²) >= 11 is 0. The van der Waals surface area contributed by atoms with Crippen molar-refractivity contribution in [3.8, 4) is 56.0 Å². The van der Waals surface area contributed by atoms with Gasteiger partial charge in [0.1, 0.15) is 27.9 Å². The Hall–Kier alpha value is -8.86. The lowest BCUT2D eigenvalue weighted by Gasteiger charge is -2.36. The molecule has 4 nitrogen and oxygen atoms in total. The Morgan fingerprint density at radius 3 is 1.63 bits per heavy atom. The molecule has 1 aliphatic carbocycles. The summed E-state index contributed by atoms with van der Waals surface area (Å²) in [5, 5.41) is 3.15. The minimum Gasteiger partial charge on any atom is -0.455 e. The molecular formula is C63H39NO3. The van der Waals surface area contributed by atoms with E-state index in [9.17, 15) is 0 Å². The molecule has 0 fully saturated rings. The van der Waals surface area contributed by atoms with Crippen LogP contribution in [-0.4, -0.2) is 0 Å². The van der Waals surface area contributed by atoms with Gasteiger partial charge in [-0.15, -0.1) is 0 Å². The van der Waals surface area contributed by atoms with E-state index in [1.165, 1.54) is 22.3 Å². The van der Waals surface area contributed by atoms with E-state index in [4.69, 9.17) is 13.6 Å². The van der Waals surface area contributed by atoms with Gasteiger partial charge < -0.3 is 18.5 Å². The van der Waals surface area contributed by atoms with E-state index in [0.717, 1.165) is 106 Å². The first kappa shape index (κ1) is 37.5. The van der Waals surface area contributed by atoms with Crippen molar-refractivity contribution in [1.29, 1.82) is 0 Å². The Morgan fingerprint density at radius 2 is 0.910 bits per heavy atom. The summed E-state index contributed by atoms with van der Waals surface area (Å²) in [6.45, 7) is 0. The molecule has 12 aromatic rings. The predicted molar refractivity (Wildman–Crippen MR) is 272 cm³/mol. The molecule has 0 amide bonds. The minimum absolute atomic E-state index is 0.705. The molecule has 2 aromatic heterocycles. The van der Waals surface area contributed by atoms with Gasteiger partial charge in [0.15, 0.2) is 11.5 Å². The normalized spacial score (nSPS) is 13.0. The van der Waals surface area contributed by atoms with Crippen LogP contribution >= 0.6 is 0 Å². The number of hydrogen-bond acceptors (Lipinski definition) is 4. The highest BCUT2D eigenvalue weighted by Gasteiger charge is 2.54. The third-order valence-electron chi connectivity index (χ3n) is 13.9. The smallest absolute Gasteiger partial charge is 0.178 e. The number of fused-ring (bicyclic) bond motifs is 14. The van der Waals surface area contributed by atoms with Gasteiger partial charge in [-0.05, 0) is 105 Å². The molecule has 10 aromatic carbocycles. The van der Waals surface area contributed by atoms with Gasteiger partial charge in [0.25, 0.3) is 0 Å². The maximum Gasteiger partial charge on any atom is 0.178 e. The number of para-hydroxylation sites is 3. The lowest BCUT2D eigenvalue weighted by atomic mass is 9.69. The zero-order chi connectivity index (χ0) is 44.1. The van der Waals surface area contributed by atoms with Crippen LogP contribution in [-0.2, 0) is 5.41 Å². The maximum absolute atomic E-state index is 7.33. The van der Waals surface area contributed by atoms with Crippen molar-refractivity contribution in [2.24, 2.45) is 0 Å². The van der Waals surface area contributed by atoms with Gasteiger partial charge in [-0.1, -0.05) is 176 Å². The van der Waals surface area contributed by atoms with Crippen molar-refractivity contribution in [2.45, 2.75) is 5.41 Å². The molecule has 0 radical (unpaired) electrons. The summed E-state index contributed by atoms with van der Waals surface area (Å²) in [5.74, 6) is 2.38. The number of ether oxygens (including phenoxy) is 1. The number of anilines is 3. The summed E-state index contributed by atoms with van der Waals surface area (Å²) < 4.78 is 20.8. The van der Waals surface area contributed by atoms with Gasteiger partial charge in [0.2, 0.25) is 0 Å². The Labute approximate surface area is 387 Å². The Balaban J connectivity index is 0.983. The van der Waals surface area contributed by atoms with E-state index < -0.39 is 5.41 Å². The standard InChI is InChI=1S/C63H39NO3/c1-3-16-40(17-4-1)43-36-44(41-18-5-2-6-19-41)38-47(37-43)64(45-32-30-42(31-33-45)48-23-15-24-52-51-22-9-13-28-57(51)65-60(48)52)46-34-35-53-59(39-46)67-62-61(53)66-58-29-14-12-27-56(58)63(62)54-25-10-7-20-49(54)50-21-8-11-26-55(50)63/h1-39H.